The molecule has 1 aliphatic carbocycles. The zero-order chi connectivity index (χ0) is 13.2. The smallest absolute Gasteiger partial charge is 0.223 e. The predicted molar refractivity (Wildman–Crippen MR) is 69.8 cm³/mol. The molecular weight excluding hydrogens is 252 g/mol. The van der Waals surface area contributed by atoms with Gasteiger partial charge in [0.1, 0.15) is 0 Å². The first kappa shape index (κ1) is 13.8. The number of carbonyl (C=O) groups excluding carboxylic acids is 1. The molecule has 18 heavy (non-hydrogen) atoms. The number of nitrogens with two attached hydrogens (primary N) is 1. The van der Waals surface area contributed by atoms with Crippen LogP contribution in [0.15, 0.2) is 0 Å². The molecule has 1 aliphatic heterocycles. The fourth-order valence-electron chi connectivity index (χ4n) is 2.91. The van der Waals surface area contributed by atoms with E-state index in [9.17, 15) is 13.2 Å². The molecule has 3 unspecified atom stereocenters. The SMILES string of the molecule is NC1CCCC(C(=O)NCC2CCCS2(=O)=O)C1. The minimum Gasteiger partial charge on any atom is -0.355 e. The number of sulfone groups is 1. The zero-order valence-electron chi connectivity index (χ0n) is 10.6. The first-order valence-electron chi connectivity index (χ1n) is 6.74. The summed E-state index contributed by atoms with van der Waals surface area (Å²) in [5.41, 5.74) is 5.85. The van der Waals surface area contributed by atoms with E-state index < -0.39 is 9.84 Å². The summed E-state index contributed by atoms with van der Waals surface area (Å²) in [4.78, 5) is 11.9. The third-order valence-corrected chi connectivity index (χ3v) is 6.33. The van der Waals surface area contributed by atoms with Gasteiger partial charge in [-0.15, -0.1) is 0 Å². The second kappa shape index (κ2) is 5.57. The van der Waals surface area contributed by atoms with E-state index in [1.165, 1.54) is 0 Å². The minimum absolute atomic E-state index is 0.0211. The summed E-state index contributed by atoms with van der Waals surface area (Å²) >= 11 is 0. The summed E-state index contributed by atoms with van der Waals surface area (Å²) in [7, 11) is -2.96. The van der Waals surface area contributed by atoms with Gasteiger partial charge in [-0.05, 0) is 32.1 Å². The summed E-state index contributed by atoms with van der Waals surface area (Å²) < 4.78 is 23.3. The fraction of sp³-hybridized carbons (Fsp3) is 0.917. The highest BCUT2D eigenvalue weighted by molar-refractivity contribution is 7.92. The second-order valence-electron chi connectivity index (χ2n) is 5.50. The molecule has 1 heterocycles. The molecule has 0 aromatic heterocycles. The van der Waals surface area contributed by atoms with Crippen LogP contribution in [0.4, 0.5) is 0 Å². The van der Waals surface area contributed by atoms with Crippen molar-refractivity contribution in [2.45, 2.75) is 49.8 Å². The Labute approximate surface area is 108 Å². The van der Waals surface area contributed by atoms with E-state index in [-0.39, 0.29) is 35.4 Å². The molecule has 2 fully saturated rings. The van der Waals surface area contributed by atoms with E-state index in [4.69, 9.17) is 5.73 Å². The molecule has 0 spiro atoms. The number of nitrogens with one attached hydrogen (secondary N) is 1. The highest BCUT2D eigenvalue weighted by Crippen LogP contribution is 2.24. The van der Waals surface area contributed by atoms with Gasteiger partial charge in [-0.1, -0.05) is 6.42 Å². The van der Waals surface area contributed by atoms with Gasteiger partial charge in [0.25, 0.3) is 0 Å². The van der Waals surface area contributed by atoms with Gasteiger partial charge in [0.15, 0.2) is 9.84 Å². The van der Waals surface area contributed by atoms with Crippen LogP contribution >= 0.6 is 0 Å². The number of carbonyl (C=O) groups is 1. The Hall–Kier alpha value is -0.620. The number of hydrogen-bond acceptors (Lipinski definition) is 4. The van der Waals surface area contributed by atoms with E-state index in [1.807, 2.05) is 0 Å². The average Bonchev–Trinajstić information content (AvgIpc) is 2.65. The minimum atomic E-state index is -2.96. The molecule has 0 aromatic rings. The molecule has 1 saturated heterocycles. The molecule has 3 N–H and O–H groups in total. The Morgan fingerprint density at radius 3 is 2.61 bits per heavy atom. The van der Waals surface area contributed by atoms with E-state index in [0.29, 0.717) is 6.42 Å². The van der Waals surface area contributed by atoms with Crippen molar-refractivity contribution in [2.24, 2.45) is 11.7 Å². The van der Waals surface area contributed by atoms with E-state index in [1.54, 1.807) is 0 Å². The molecule has 1 amide bonds. The lowest BCUT2D eigenvalue weighted by atomic mass is 9.85. The molecule has 6 heteroatoms. The van der Waals surface area contributed by atoms with Crippen molar-refractivity contribution in [2.75, 3.05) is 12.3 Å². The zero-order valence-corrected chi connectivity index (χ0v) is 11.4. The van der Waals surface area contributed by atoms with Gasteiger partial charge in [-0.25, -0.2) is 8.42 Å². The van der Waals surface area contributed by atoms with Gasteiger partial charge < -0.3 is 11.1 Å². The van der Waals surface area contributed by atoms with Crippen molar-refractivity contribution >= 4 is 15.7 Å². The Morgan fingerprint density at radius 1 is 1.22 bits per heavy atom. The van der Waals surface area contributed by atoms with Crippen LogP contribution in [0.5, 0.6) is 0 Å². The maximum atomic E-state index is 11.9. The van der Waals surface area contributed by atoms with Gasteiger partial charge in [-0.3, -0.25) is 4.79 Å². The molecule has 2 aliphatic rings. The Balaban J connectivity index is 1.81. The van der Waals surface area contributed by atoms with E-state index >= 15 is 0 Å². The van der Waals surface area contributed by atoms with E-state index in [2.05, 4.69) is 5.32 Å². The molecule has 5 nitrogen and oxygen atoms in total. The van der Waals surface area contributed by atoms with Crippen molar-refractivity contribution in [1.29, 1.82) is 0 Å². The summed E-state index contributed by atoms with van der Waals surface area (Å²) in [6.45, 7) is 0.271. The quantitative estimate of drug-likeness (QED) is 0.769. The first-order chi connectivity index (χ1) is 8.49. The third-order valence-electron chi connectivity index (χ3n) is 4.05. The van der Waals surface area contributed by atoms with Crippen LogP contribution in [0.3, 0.4) is 0 Å². The van der Waals surface area contributed by atoms with Crippen LogP contribution in [0, 0.1) is 5.92 Å². The summed E-state index contributed by atoms with van der Waals surface area (Å²) in [6, 6.07) is 0.115. The maximum absolute atomic E-state index is 11.9. The van der Waals surface area contributed by atoms with Crippen LogP contribution < -0.4 is 11.1 Å². The molecule has 0 aromatic carbocycles. The summed E-state index contributed by atoms with van der Waals surface area (Å²) in [5, 5.41) is 2.42. The Kier molecular flexibility index (Phi) is 4.27. The van der Waals surface area contributed by atoms with Gasteiger partial charge in [0.05, 0.1) is 11.0 Å². The largest absolute Gasteiger partial charge is 0.355 e. The van der Waals surface area contributed by atoms with Crippen LogP contribution in [0.25, 0.3) is 0 Å². The van der Waals surface area contributed by atoms with Crippen molar-refractivity contribution < 1.29 is 13.2 Å². The molecular formula is C12H22N2O3S. The first-order valence-corrected chi connectivity index (χ1v) is 8.45. The van der Waals surface area contributed by atoms with Crippen molar-refractivity contribution in [1.82, 2.24) is 5.32 Å². The normalized spacial score (nSPS) is 35.3. The van der Waals surface area contributed by atoms with Crippen molar-refractivity contribution in [3.8, 4) is 0 Å². The number of rotatable bonds is 3. The molecule has 0 radical (unpaired) electrons. The summed E-state index contributed by atoms with van der Waals surface area (Å²) in [5.74, 6) is 0.215. The molecule has 0 bridgehead atoms. The van der Waals surface area contributed by atoms with Gasteiger partial charge in [0, 0.05) is 18.5 Å². The van der Waals surface area contributed by atoms with Crippen LogP contribution in [-0.4, -0.2) is 37.9 Å². The highest BCUT2D eigenvalue weighted by Gasteiger charge is 2.32. The predicted octanol–water partition coefficient (Wildman–Crippen LogP) is 0.197. The maximum Gasteiger partial charge on any atom is 0.223 e. The molecule has 1 saturated carbocycles. The average molecular weight is 274 g/mol. The lowest BCUT2D eigenvalue weighted by Crippen LogP contribution is -2.41. The highest BCUT2D eigenvalue weighted by atomic mass is 32.2. The molecule has 2 rings (SSSR count). The van der Waals surface area contributed by atoms with Gasteiger partial charge in [0.2, 0.25) is 5.91 Å². The van der Waals surface area contributed by atoms with Gasteiger partial charge in [-0.2, -0.15) is 0 Å². The van der Waals surface area contributed by atoms with Crippen molar-refractivity contribution in [3.63, 3.8) is 0 Å². The third kappa shape index (κ3) is 3.23. The van der Waals surface area contributed by atoms with Crippen LogP contribution in [0.2, 0.25) is 0 Å². The molecule has 3 atom stereocenters. The summed E-state index contributed by atoms with van der Waals surface area (Å²) in [6.07, 6.45) is 4.96. The molecule has 104 valence electrons. The standard InChI is InChI=1S/C12H22N2O3S/c13-10-4-1-3-9(7-10)12(15)14-8-11-5-2-6-18(11,16)17/h9-11H,1-8,13H2,(H,14,15). The Morgan fingerprint density at radius 2 is 2.00 bits per heavy atom. The van der Waals surface area contributed by atoms with E-state index in [0.717, 1.165) is 32.1 Å². The number of hydrogen-bond donors (Lipinski definition) is 2. The van der Waals surface area contributed by atoms with Gasteiger partial charge >= 0.3 is 0 Å². The van der Waals surface area contributed by atoms with Crippen LogP contribution in [-0.2, 0) is 14.6 Å². The lowest BCUT2D eigenvalue weighted by Gasteiger charge is -2.26. The number of amides is 1. The second-order valence-corrected chi connectivity index (χ2v) is 7.90. The Bertz CT molecular complexity index is 408. The topological polar surface area (TPSA) is 89.3 Å². The fourth-order valence-corrected chi connectivity index (χ4v) is 4.68. The lowest BCUT2D eigenvalue weighted by molar-refractivity contribution is -0.126. The monoisotopic (exact) mass is 274 g/mol. The van der Waals surface area contributed by atoms with Crippen LogP contribution in [0.1, 0.15) is 38.5 Å². The van der Waals surface area contributed by atoms with Crippen molar-refractivity contribution in [3.05, 3.63) is 0 Å².